The Morgan fingerprint density at radius 3 is 2.68 bits per heavy atom. The third-order valence-corrected chi connectivity index (χ3v) is 8.81. The van der Waals surface area contributed by atoms with Gasteiger partial charge in [0.05, 0.1) is 28.7 Å². The Bertz CT molecular complexity index is 1130. The Morgan fingerprint density at radius 1 is 1.24 bits per heavy atom. The van der Waals surface area contributed by atoms with Crippen molar-refractivity contribution >= 4 is 44.8 Å². The third-order valence-electron chi connectivity index (χ3n) is 7.04. The van der Waals surface area contributed by atoms with Crippen molar-refractivity contribution in [3.8, 4) is 0 Å². The molecule has 1 saturated carbocycles. The van der Waals surface area contributed by atoms with Crippen molar-refractivity contribution in [2.75, 3.05) is 0 Å². The molecule has 1 aliphatic rings. The molecule has 0 bridgehead atoms. The Hall–Kier alpha value is -1.99. The smallest absolute Gasteiger partial charge is 0.306 e. The van der Waals surface area contributed by atoms with E-state index in [0.717, 1.165) is 26.4 Å². The zero-order chi connectivity index (χ0) is 27.2. The molecule has 0 aliphatic heterocycles. The maximum atomic E-state index is 13.1. The van der Waals surface area contributed by atoms with Gasteiger partial charge in [-0.25, -0.2) is 0 Å². The minimum Gasteiger partial charge on any atom is -0.463 e. The molecular formula is C30H39ClO5S. The van der Waals surface area contributed by atoms with Gasteiger partial charge in [0.1, 0.15) is 5.78 Å². The van der Waals surface area contributed by atoms with Crippen LogP contribution in [-0.4, -0.2) is 40.3 Å². The quantitative estimate of drug-likeness (QED) is 0.176. The molecule has 2 aromatic rings. The molecule has 1 aromatic carbocycles. The third kappa shape index (κ3) is 7.53. The lowest BCUT2D eigenvalue weighted by Crippen LogP contribution is -2.31. The summed E-state index contributed by atoms with van der Waals surface area (Å²) < 4.78 is 6.27. The number of aryl methyl sites for hydroxylation is 1. The summed E-state index contributed by atoms with van der Waals surface area (Å²) in [6.07, 6.45) is 9.30. The van der Waals surface area contributed by atoms with E-state index < -0.39 is 17.6 Å². The maximum Gasteiger partial charge on any atom is 0.306 e. The molecule has 1 aromatic heterocycles. The van der Waals surface area contributed by atoms with E-state index in [1.54, 1.807) is 31.3 Å². The molecular weight excluding hydrogens is 508 g/mol. The molecule has 37 heavy (non-hydrogen) atoms. The molecule has 3 rings (SSSR count). The number of hydrogen-bond acceptors (Lipinski definition) is 6. The number of benzene rings is 1. The van der Waals surface area contributed by atoms with E-state index in [0.29, 0.717) is 32.1 Å². The van der Waals surface area contributed by atoms with E-state index in [-0.39, 0.29) is 29.7 Å². The van der Waals surface area contributed by atoms with Gasteiger partial charge in [0.25, 0.3) is 0 Å². The number of allylic oxidation sites excluding steroid dienone is 2. The Kier molecular flexibility index (Phi) is 10.5. The number of thiophene rings is 1. The summed E-state index contributed by atoms with van der Waals surface area (Å²) >= 11 is 8.18. The second kappa shape index (κ2) is 13.2. The van der Waals surface area contributed by atoms with Crippen LogP contribution in [0.4, 0.5) is 0 Å². The first-order valence-corrected chi connectivity index (χ1v) is 14.3. The van der Waals surface area contributed by atoms with Crippen LogP contribution in [-0.2, 0) is 20.7 Å². The number of ketones is 1. The number of hydrogen-bond donors (Lipinski definition) is 2. The van der Waals surface area contributed by atoms with Gasteiger partial charge < -0.3 is 14.9 Å². The second-order valence-electron chi connectivity index (χ2n) is 10.7. The molecule has 0 amide bonds. The van der Waals surface area contributed by atoms with Gasteiger partial charge in [-0.05, 0) is 52.0 Å². The monoisotopic (exact) mass is 546 g/mol. The fourth-order valence-electron chi connectivity index (χ4n) is 4.91. The van der Waals surface area contributed by atoms with Crippen LogP contribution in [0.15, 0.2) is 48.6 Å². The van der Waals surface area contributed by atoms with Crippen LogP contribution >= 0.6 is 22.9 Å². The summed E-state index contributed by atoms with van der Waals surface area (Å²) in [4.78, 5) is 25.8. The topological polar surface area (TPSA) is 83.8 Å². The van der Waals surface area contributed by atoms with Crippen molar-refractivity contribution in [3.63, 3.8) is 0 Å². The normalized spacial score (nSPS) is 22.6. The van der Waals surface area contributed by atoms with Crippen molar-refractivity contribution in [3.05, 3.63) is 58.5 Å². The fourth-order valence-corrected chi connectivity index (χ4v) is 6.45. The summed E-state index contributed by atoms with van der Waals surface area (Å²) in [6.45, 7) is 7.23. The molecule has 7 heteroatoms. The van der Waals surface area contributed by atoms with Gasteiger partial charge >= 0.3 is 5.97 Å². The largest absolute Gasteiger partial charge is 0.463 e. The van der Waals surface area contributed by atoms with Gasteiger partial charge in [-0.2, -0.15) is 0 Å². The summed E-state index contributed by atoms with van der Waals surface area (Å²) in [6, 6.07) is 8.00. The van der Waals surface area contributed by atoms with Gasteiger partial charge in [-0.3, -0.25) is 9.59 Å². The molecule has 1 heterocycles. The molecule has 0 saturated heterocycles. The molecule has 2 N–H and O–H groups in total. The van der Waals surface area contributed by atoms with Gasteiger partial charge in [0, 0.05) is 33.2 Å². The molecule has 0 radical (unpaired) electrons. The van der Waals surface area contributed by atoms with Crippen LogP contribution in [0.3, 0.4) is 0 Å². The zero-order valence-corrected chi connectivity index (χ0v) is 23.7. The van der Waals surface area contributed by atoms with Crippen molar-refractivity contribution in [2.24, 2.45) is 17.3 Å². The molecule has 4 unspecified atom stereocenters. The first-order chi connectivity index (χ1) is 17.5. The molecule has 202 valence electrons. The molecule has 1 fully saturated rings. The van der Waals surface area contributed by atoms with Crippen molar-refractivity contribution in [1.82, 2.24) is 0 Å². The first-order valence-electron chi connectivity index (χ1n) is 13.1. The zero-order valence-electron chi connectivity index (χ0n) is 22.2. The highest BCUT2D eigenvalue weighted by atomic mass is 35.5. The number of esters is 1. The summed E-state index contributed by atoms with van der Waals surface area (Å²) in [7, 11) is 0. The van der Waals surface area contributed by atoms with Crippen LogP contribution in [0.25, 0.3) is 10.1 Å². The van der Waals surface area contributed by atoms with Gasteiger partial charge in [-0.1, -0.05) is 68.0 Å². The highest BCUT2D eigenvalue weighted by molar-refractivity contribution is 7.19. The van der Waals surface area contributed by atoms with Crippen molar-refractivity contribution in [1.29, 1.82) is 0 Å². The number of unbranched alkanes of at least 4 members (excludes halogenated alkanes) is 1. The van der Waals surface area contributed by atoms with Gasteiger partial charge in [-0.15, -0.1) is 11.3 Å². The Balaban J connectivity index is 1.55. The van der Waals surface area contributed by atoms with E-state index in [2.05, 4.69) is 0 Å². The van der Waals surface area contributed by atoms with Crippen LogP contribution in [0, 0.1) is 17.3 Å². The fraction of sp³-hybridized carbons (Fsp3) is 0.533. The standard InChI is InChI=1S/C30H39ClO5S/c1-19(2)36-26(33)14-8-6-5-7-11-21-22(29(35)30(3,4)28(21)34)17-15-20(32)16-18-25-27(31)23-12-9-10-13-24(23)37-25/h5,7,9-10,12-13,15,17,19-22,29,32,35H,6,8,11,14,16,18H2,1-4H3. The SMILES string of the molecule is CC(C)OC(=O)CCCC=CCC1C(=O)C(C)(C)C(O)C1C=CC(O)CCc1sc2ccccc2c1Cl. The minimum absolute atomic E-state index is 0.0337. The lowest BCUT2D eigenvalue weighted by Gasteiger charge is -2.22. The number of ether oxygens (including phenoxy) is 1. The number of halogens is 1. The van der Waals surface area contributed by atoms with E-state index in [1.165, 1.54) is 0 Å². The predicted octanol–water partition coefficient (Wildman–Crippen LogP) is 6.67. The van der Waals surface area contributed by atoms with E-state index in [1.807, 2.05) is 56.3 Å². The summed E-state index contributed by atoms with van der Waals surface area (Å²) in [5.41, 5.74) is -0.844. The Labute approximate surface area is 229 Å². The Morgan fingerprint density at radius 2 is 1.97 bits per heavy atom. The maximum absolute atomic E-state index is 13.1. The number of rotatable bonds is 12. The lowest BCUT2D eigenvalue weighted by molar-refractivity contribution is -0.147. The highest BCUT2D eigenvalue weighted by Crippen LogP contribution is 2.45. The van der Waals surface area contributed by atoms with Crippen LogP contribution in [0.1, 0.15) is 64.7 Å². The van der Waals surface area contributed by atoms with Gasteiger partial charge in [0.2, 0.25) is 0 Å². The number of fused-ring (bicyclic) bond motifs is 1. The summed E-state index contributed by atoms with van der Waals surface area (Å²) in [5.74, 6) is -0.882. The first kappa shape index (κ1) is 29.6. The van der Waals surface area contributed by atoms with Crippen LogP contribution in [0.5, 0.6) is 0 Å². The predicted molar refractivity (Wildman–Crippen MR) is 151 cm³/mol. The van der Waals surface area contributed by atoms with Crippen molar-refractivity contribution < 1.29 is 24.5 Å². The summed E-state index contributed by atoms with van der Waals surface area (Å²) in [5, 5.41) is 23.3. The minimum atomic E-state index is -0.844. The number of carbonyl (C=O) groups is 2. The highest BCUT2D eigenvalue weighted by Gasteiger charge is 2.52. The average molecular weight is 547 g/mol. The lowest BCUT2D eigenvalue weighted by atomic mass is 9.86. The number of aliphatic hydroxyl groups excluding tert-OH is 2. The number of Topliss-reactive ketones (excluding diaryl/α,β-unsaturated/α-hetero) is 1. The molecule has 5 nitrogen and oxygen atoms in total. The van der Waals surface area contributed by atoms with E-state index >= 15 is 0 Å². The van der Waals surface area contributed by atoms with Crippen LogP contribution in [0.2, 0.25) is 5.02 Å². The molecule has 0 spiro atoms. The number of aliphatic hydroxyl groups is 2. The second-order valence-corrected chi connectivity index (χ2v) is 12.2. The molecule has 1 aliphatic carbocycles. The van der Waals surface area contributed by atoms with Gasteiger partial charge in [0.15, 0.2) is 0 Å². The van der Waals surface area contributed by atoms with Crippen molar-refractivity contribution in [2.45, 2.75) is 84.5 Å². The van der Waals surface area contributed by atoms with Crippen LogP contribution < -0.4 is 0 Å². The van der Waals surface area contributed by atoms with E-state index in [4.69, 9.17) is 16.3 Å². The average Bonchev–Trinajstić information content (AvgIpc) is 3.25. The van der Waals surface area contributed by atoms with E-state index in [9.17, 15) is 19.8 Å². The molecule has 4 atom stereocenters. The number of carbonyl (C=O) groups excluding carboxylic acids is 2.